The third-order valence-electron chi connectivity index (χ3n) is 3.32. The minimum Gasteiger partial charge on any atom is -0.336 e. The summed E-state index contributed by atoms with van der Waals surface area (Å²) in [7, 11) is 0. The van der Waals surface area contributed by atoms with E-state index in [-0.39, 0.29) is 25.7 Å². The fraction of sp³-hybridized carbons (Fsp3) is 0.714. The molecule has 0 bridgehead atoms. The van der Waals surface area contributed by atoms with E-state index in [1.165, 1.54) is 12.2 Å². The van der Waals surface area contributed by atoms with Crippen molar-refractivity contribution in [2.24, 2.45) is 0 Å². The molecule has 1 rings (SSSR count). The van der Waals surface area contributed by atoms with Gasteiger partial charge in [-0.15, -0.1) is 13.2 Å². The number of allylic oxidation sites excluding steroid dienone is 2. The lowest BCUT2D eigenvalue weighted by Crippen LogP contribution is -2.87. The second-order valence-electron chi connectivity index (χ2n) is 4.90. The van der Waals surface area contributed by atoms with Gasteiger partial charge in [0.1, 0.15) is 0 Å². The molecule has 0 spiro atoms. The first-order valence-electron chi connectivity index (χ1n) is 6.75. The third kappa shape index (κ3) is 2.56. The molecular formula is C14H18F6O2. The van der Waals surface area contributed by atoms with Gasteiger partial charge in [0.25, 0.3) is 0 Å². The summed E-state index contributed by atoms with van der Waals surface area (Å²) in [4.78, 5) is 0. The Balaban J connectivity index is 2.84. The zero-order valence-corrected chi connectivity index (χ0v) is 11.9. The minimum absolute atomic E-state index is 0.0311. The minimum atomic E-state index is -5.32. The molecule has 2 nitrogen and oxygen atoms in total. The van der Waals surface area contributed by atoms with Crippen molar-refractivity contribution in [2.45, 2.75) is 49.2 Å². The van der Waals surface area contributed by atoms with Crippen LogP contribution >= 0.6 is 0 Å². The molecule has 8 heteroatoms. The van der Waals surface area contributed by atoms with Crippen LogP contribution in [-0.4, -0.2) is 36.8 Å². The first-order valence-corrected chi connectivity index (χ1v) is 6.75. The summed E-state index contributed by atoms with van der Waals surface area (Å²) >= 11 is 0. The van der Waals surface area contributed by atoms with Crippen LogP contribution in [-0.2, 0) is 9.47 Å². The van der Waals surface area contributed by atoms with Crippen LogP contribution in [0.25, 0.3) is 0 Å². The molecule has 0 aliphatic heterocycles. The highest BCUT2D eigenvalue weighted by Gasteiger charge is 3.01. The van der Waals surface area contributed by atoms with Crippen LogP contribution in [0.4, 0.5) is 26.3 Å². The van der Waals surface area contributed by atoms with E-state index >= 15 is 0 Å². The van der Waals surface area contributed by atoms with Crippen molar-refractivity contribution in [1.82, 2.24) is 0 Å². The van der Waals surface area contributed by atoms with E-state index in [0.29, 0.717) is 0 Å². The normalized spacial score (nSPS) is 32.3. The number of unbranched alkanes of at least 4 members (excludes halogenated alkanes) is 2. The summed E-state index contributed by atoms with van der Waals surface area (Å²) in [6, 6.07) is 0. The van der Waals surface area contributed by atoms with Crippen LogP contribution in [0, 0.1) is 0 Å². The predicted octanol–water partition coefficient (Wildman–Crippen LogP) is 4.57. The largest absolute Gasteiger partial charge is 0.379 e. The fourth-order valence-corrected chi connectivity index (χ4v) is 1.99. The summed E-state index contributed by atoms with van der Waals surface area (Å²) in [5.74, 6) is -19.7. The lowest BCUT2D eigenvalue weighted by Gasteiger charge is -2.56. The van der Waals surface area contributed by atoms with Crippen LogP contribution in [0.3, 0.4) is 0 Å². The van der Waals surface area contributed by atoms with Crippen molar-refractivity contribution < 1.29 is 35.8 Å². The lowest BCUT2D eigenvalue weighted by atomic mass is 9.76. The van der Waals surface area contributed by atoms with E-state index in [1.807, 2.05) is 0 Å². The van der Waals surface area contributed by atoms with E-state index in [2.05, 4.69) is 22.6 Å². The predicted molar refractivity (Wildman–Crippen MR) is 68.3 cm³/mol. The summed E-state index contributed by atoms with van der Waals surface area (Å²) in [5, 5.41) is 0. The molecule has 0 aromatic heterocycles. The van der Waals surface area contributed by atoms with Gasteiger partial charge in [-0.2, -0.15) is 26.3 Å². The second-order valence-corrected chi connectivity index (χ2v) is 4.90. The van der Waals surface area contributed by atoms with Crippen LogP contribution in [0.1, 0.15) is 25.7 Å². The molecular weight excluding hydrogens is 314 g/mol. The second kappa shape index (κ2) is 6.62. The van der Waals surface area contributed by atoms with E-state index in [0.717, 1.165) is 0 Å². The molecule has 1 aliphatic carbocycles. The molecule has 1 fully saturated rings. The molecule has 22 heavy (non-hydrogen) atoms. The van der Waals surface area contributed by atoms with Crippen LogP contribution in [0.2, 0.25) is 0 Å². The zero-order chi connectivity index (χ0) is 17.1. The van der Waals surface area contributed by atoms with Gasteiger partial charge in [-0.25, -0.2) is 0 Å². The number of halogens is 6. The summed E-state index contributed by atoms with van der Waals surface area (Å²) in [6.45, 7) is 5.34. The van der Waals surface area contributed by atoms with Crippen LogP contribution in [0.5, 0.6) is 0 Å². The van der Waals surface area contributed by atoms with Crippen molar-refractivity contribution in [1.29, 1.82) is 0 Å². The molecule has 2 unspecified atom stereocenters. The van der Waals surface area contributed by atoms with Crippen LogP contribution < -0.4 is 0 Å². The SMILES string of the molecule is C=CCCCOC1(F)C(F)(F)C(F)(F)C1(F)OCCCC=C. The first-order chi connectivity index (χ1) is 10.1. The van der Waals surface area contributed by atoms with E-state index in [4.69, 9.17) is 0 Å². The van der Waals surface area contributed by atoms with Gasteiger partial charge in [0.15, 0.2) is 0 Å². The molecule has 0 radical (unpaired) electrons. The Kier molecular flexibility index (Phi) is 5.72. The van der Waals surface area contributed by atoms with Crippen molar-refractivity contribution in [3.8, 4) is 0 Å². The Labute approximate surface area is 124 Å². The summed E-state index contributed by atoms with van der Waals surface area (Å²) in [6.07, 6.45) is 3.41. The molecule has 1 aliphatic rings. The Hall–Kier alpha value is -1.02. The maximum Gasteiger partial charge on any atom is 0.379 e. The first kappa shape index (κ1) is 19.0. The molecule has 1 saturated carbocycles. The molecule has 0 aromatic carbocycles. The molecule has 0 aromatic rings. The van der Waals surface area contributed by atoms with E-state index < -0.39 is 36.8 Å². The standard InChI is InChI=1S/C14H18F6O2/c1-3-5-7-9-21-13(19)11(15,16)12(17,18)14(13,20)22-10-8-6-4-2/h3-4H,1-2,5-10H2. The summed E-state index contributed by atoms with van der Waals surface area (Å²) in [5.41, 5.74) is 0. The molecule has 0 saturated heterocycles. The average molecular weight is 332 g/mol. The topological polar surface area (TPSA) is 18.5 Å². The molecule has 128 valence electrons. The van der Waals surface area contributed by atoms with Gasteiger partial charge in [0.2, 0.25) is 0 Å². The maximum atomic E-state index is 14.2. The van der Waals surface area contributed by atoms with Gasteiger partial charge in [-0.3, -0.25) is 0 Å². The Bertz CT molecular complexity index is 376. The number of alkyl halides is 6. The quantitative estimate of drug-likeness (QED) is 0.331. The molecule has 2 atom stereocenters. The molecule has 0 amide bonds. The van der Waals surface area contributed by atoms with Crippen molar-refractivity contribution in [3.63, 3.8) is 0 Å². The highest BCUT2D eigenvalue weighted by atomic mass is 19.3. The van der Waals surface area contributed by atoms with Gasteiger partial charge < -0.3 is 9.47 Å². The lowest BCUT2D eigenvalue weighted by molar-refractivity contribution is -0.556. The third-order valence-corrected chi connectivity index (χ3v) is 3.32. The summed E-state index contributed by atoms with van der Waals surface area (Å²) < 4.78 is 89.9. The molecule has 0 heterocycles. The maximum absolute atomic E-state index is 14.2. The van der Waals surface area contributed by atoms with E-state index in [9.17, 15) is 26.3 Å². The zero-order valence-electron chi connectivity index (χ0n) is 11.9. The Morgan fingerprint density at radius 3 is 1.27 bits per heavy atom. The van der Waals surface area contributed by atoms with Crippen molar-refractivity contribution in [3.05, 3.63) is 25.3 Å². The van der Waals surface area contributed by atoms with Gasteiger partial charge >= 0.3 is 23.6 Å². The number of rotatable bonds is 10. The highest BCUT2D eigenvalue weighted by Crippen LogP contribution is 2.68. The number of ether oxygens (including phenoxy) is 2. The van der Waals surface area contributed by atoms with Gasteiger partial charge in [0, 0.05) is 0 Å². The van der Waals surface area contributed by atoms with Gasteiger partial charge in [-0.05, 0) is 25.7 Å². The van der Waals surface area contributed by atoms with Crippen molar-refractivity contribution >= 4 is 0 Å². The molecule has 0 N–H and O–H groups in total. The fourth-order valence-electron chi connectivity index (χ4n) is 1.99. The number of hydrogen-bond donors (Lipinski definition) is 0. The number of hydrogen-bond acceptors (Lipinski definition) is 2. The Morgan fingerprint density at radius 2 is 1.00 bits per heavy atom. The highest BCUT2D eigenvalue weighted by molar-refractivity contribution is 5.24. The Morgan fingerprint density at radius 1 is 0.682 bits per heavy atom. The average Bonchev–Trinajstić information content (AvgIpc) is 2.46. The van der Waals surface area contributed by atoms with E-state index in [1.54, 1.807) is 0 Å². The van der Waals surface area contributed by atoms with Crippen molar-refractivity contribution in [2.75, 3.05) is 13.2 Å². The smallest absolute Gasteiger partial charge is 0.336 e. The monoisotopic (exact) mass is 332 g/mol. The van der Waals surface area contributed by atoms with Crippen LogP contribution in [0.15, 0.2) is 25.3 Å². The van der Waals surface area contributed by atoms with Gasteiger partial charge in [-0.1, -0.05) is 12.2 Å². The van der Waals surface area contributed by atoms with Gasteiger partial charge in [0.05, 0.1) is 13.2 Å².